The number of hydrogen-bond acceptors (Lipinski definition) is 2. The Kier molecular flexibility index (Phi) is 3.42. The zero-order chi connectivity index (χ0) is 13.9. The molecule has 1 heterocycles. The minimum Gasteiger partial charge on any atom is -0.325 e. The number of para-hydroxylation sites is 1. The van der Waals surface area contributed by atoms with Crippen molar-refractivity contribution < 1.29 is 4.79 Å². The number of benzene rings is 2. The maximum atomic E-state index is 11.0. The zero-order valence-corrected chi connectivity index (χ0v) is 11.6. The number of nitrogens with one attached hydrogen (secondary N) is 1. The van der Waals surface area contributed by atoms with Crippen molar-refractivity contribution in [2.45, 2.75) is 19.8 Å². The summed E-state index contributed by atoms with van der Waals surface area (Å²) in [6.45, 7) is 3.13. The SMILES string of the molecule is CCCCNn1c2ccccc2c2cc(C=O)ccc21. The first kappa shape index (κ1) is 12.7. The molecule has 0 bridgehead atoms. The van der Waals surface area contributed by atoms with Crippen LogP contribution in [0.4, 0.5) is 0 Å². The summed E-state index contributed by atoms with van der Waals surface area (Å²) in [4.78, 5) is 11.0. The van der Waals surface area contributed by atoms with Crippen LogP contribution in [0.15, 0.2) is 42.5 Å². The first-order valence-electron chi connectivity index (χ1n) is 7.07. The third-order valence-corrected chi connectivity index (χ3v) is 3.63. The molecule has 3 nitrogen and oxygen atoms in total. The van der Waals surface area contributed by atoms with Gasteiger partial charge in [0.15, 0.2) is 0 Å². The largest absolute Gasteiger partial charge is 0.325 e. The molecule has 3 heteroatoms. The van der Waals surface area contributed by atoms with Gasteiger partial charge in [0.2, 0.25) is 0 Å². The van der Waals surface area contributed by atoms with Crippen LogP contribution in [-0.4, -0.2) is 17.5 Å². The standard InChI is InChI=1S/C17H18N2O/c1-2-3-10-18-19-16-7-5-4-6-14(16)15-11-13(12-20)8-9-17(15)19/h4-9,11-12,18H,2-3,10H2,1H3. The Morgan fingerprint density at radius 1 is 1.10 bits per heavy atom. The van der Waals surface area contributed by atoms with Gasteiger partial charge in [-0.25, -0.2) is 0 Å². The fourth-order valence-electron chi connectivity index (χ4n) is 2.60. The van der Waals surface area contributed by atoms with Crippen LogP contribution in [0.1, 0.15) is 30.1 Å². The smallest absolute Gasteiger partial charge is 0.150 e. The Hall–Kier alpha value is -2.29. The summed E-state index contributed by atoms with van der Waals surface area (Å²) in [6, 6.07) is 14.1. The minimum absolute atomic E-state index is 0.717. The number of nitrogens with zero attached hydrogens (tertiary/aromatic N) is 1. The third-order valence-electron chi connectivity index (χ3n) is 3.63. The molecule has 0 unspecified atom stereocenters. The van der Waals surface area contributed by atoms with Gasteiger partial charge in [0.25, 0.3) is 0 Å². The van der Waals surface area contributed by atoms with Gasteiger partial charge >= 0.3 is 0 Å². The van der Waals surface area contributed by atoms with Gasteiger partial charge in [-0.15, -0.1) is 0 Å². The molecule has 0 amide bonds. The van der Waals surface area contributed by atoms with Crippen LogP contribution < -0.4 is 5.43 Å². The summed E-state index contributed by atoms with van der Waals surface area (Å²) in [5.41, 5.74) is 6.47. The monoisotopic (exact) mass is 266 g/mol. The highest BCUT2D eigenvalue weighted by molar-refractivity contribution is 6.09. The van der Waals surface area contributed by atoms with Crippen LogP contribution in [-0.2, 0) is 0 Å². The van der Waals surface area contributed by atoms with Crippen LogP contribution in [0.2, 0.25) is 0 Å². The van der Waals surface area contributed by atoms with Crippen molar-refractivity contribution in [2.24, 2.45) is 0 Å². The average Bonchev–Trinajstić information content (AvgIpc) is 2.81. The molecule has 102 valence electrons. The van der Waals surface area contributed by atoms with Gasteiger partial charge in [-0.05, 0) is 30.7 Å². The molecule has 0 aliphatic heterocycles. The van der Waals surface area contributed by atoms with Crippen LogP contribution in [0.5, 0.6) is 0 Å². The van der Waals surface area contributed by atoms with E-state index in [0.29, 0.717) is 5.56 Å². The number of aromatic nitrogens is 1. The number of rotatable bonds is 5. The fraction of sp³-hybridized carbons (Fsp3) is 0.235. The van der Waals surface area contributed by atoms with E-state index < -0.39 is 0 Å². The Morgan fingerprint density at radius 3 is 2.70 bits per heavy atom. The molecule has 0 fully saturated rings. The first-order valence-corrected chi connectivity index (χ1v) is 7.07. The van der Waals surface area contributed by atoms with Crippen LogP contribution >= 0.6 is 0 Å². The second-order valence-electron chi connectivity index (χ2n) is 5.01. The van der Waals surface area contributed by atoms with E-state index in [1.54, 1.807) is 0 Å². The molecule has 0 atom stereocenters. The quantitative estimate of drug-likeness (QED) is 0.560. The Morgan fingerprint density at radius 2 is 1.90 bits per heavy atom. The van der Waals surface area contributed by atoms with E-state index in [-0.39, 0.29) is 0 Å². The lowest BCUT2D eigenvalue weighted by atomic mass is 10.1. The normalized spacial score (nSPS) is 11.1. The highest BCUT2D eigenvalue weighted by Gasteiger charge is 2.10. The van der Waals surface area contributed by atoms with E-state index in [1.165, 1.54) is 11.8 Å². The molecule has 1 N–H and O–H groups in total. The number of aldehydes is 1. The number of fused-ring (bicyclic) bond motifs is 3. The Bertz CT molecular complexity index is 758. The molecule has 3 aromatic rings. The van der Waals surface area contributed by atoms with Crippen LogP contribution in [0.3, 0.4) is 0 Å². The van der Waals surface area contributed by atoms with Gasteiger partial charge in [-0.1, -0.05) is 31.5 Å². The van der Waals surface area contributed by atoms with Crippen molar-refractivity contribution >= 4 is 28.1 Å². The Labute approximate surface area is 118 Å². The molecule has 0 aliphatic rings. The van der Waals surface area contributed by atoms with Crippen molar-refractivity contribution in [3.8, 4) is 0 Å². The maximum Gasteiger partial charge on any atom is 0.150 e. The number of carbonyl (C=O) groups is 1. The fourth-order valence-corrected chi connectivity index (χ4v) is 2.60. The van der Waals surface area contributed by atoms with Gasteiger partial charge in [-0.2, -0.15) is 0 Å². The molecular formula is C17H18N2O. The third kappa shape index (κ3) is 2.05. The predicted molar refractivity (Wildman–Crippen MR) is 84.0 cm³/mol. The first-order chi connectivity index (χ1) is 9.85. The Balaban J connectivity index is 2.21. The van der Waals surface area contributed by atoms with Crippen molar-refractivity contribution in [1.29, 1.82) is 0 Å². The molecule has 0 saturated carbocycles. The summed E-state index contributed by atoms with van der Waals surface area (Å²) in [5, 5.41) is 2.30. The second kappa shape index (κ2) is 5.37. The minimum atomic E-state index is 0.717. The highest BCUT2D eigenvalue weighted by atomic mass is 16.1. The topological polar surface area (TPSA) is 34.0 Å². The average molecular weight is 266 g/mol. The van der Waals surface area contributed by atoms with Crippen molar-refractivity contribution in [1.82, 2.24) is 4.68 Å². The maximum absolute atomic E-state index is 11.0. The summed E-state index contributed by atoms with van der Waals surface area (Å²) < 4.78 is 2.13. The van der Waals surface area contributed by atoms with Crippen LogP contribution in [0, 0.1) is 0 Å². The van der Waals surface area contributed by atoms with E-state index in [4.69, 9.17) is 0 Å². The van der Waals surface area contributed by atoms with Gasteiger partial charge in [0.1, 0.15) is 6.29 Å². The second-order valence-corrected chi connectivity index (χ2v) is 5.01. The van der Waals surface area contributed by atoms with Crippen molar-refractivity contribution in [3.05, 3.63) is 48.0 Å². The molecular weight excluding hydrogens is 248 g/mol. The molecule has 0 saturated heterocycles. The summed E-state index contributed by atoms with van der Waals surface area (Å²) in [5.74, 6) is 0. The van der Waals surface area contributed by atoms with Gasteiger partial charge in [-0.3, -0.25) is 9.47 Å². The molecule has 1 aromatic heterocycles. The predicted octanol–water partition coefficient (Wildman–Crippen LogP) is 3.95. The molecule has 20 heavy (non-hydrogen) atoms. The molecule has 0 spiro atoms. The van der Waals surface area contributed by atoms with E-state index >= 15 is 0 Å². The van der Waals surface area contributed by atoms with Crippen LogP contribution in [0.25, 0.3) is 21.8 Å². The molecule has 3 rings (SSSR count). The zero-order valence-electron chi connectivity index (χ0n) is 11.6. The lowest BCUT2D eigenvalue weighted by molar-refractivity contribution is 0.112. The van der Waals surface area contributed by atoms with E-state index in [0.717, 1.165) is 35.7 Å². The number of unbranched alkanes of at least 4 members (excludes halogenated alkanes) is 1. The number of hydrogen-bond donors (Lipinski definition) is 1. The van der Waals surface area contributed by atoms with Gasteiger partial charge in [0.05, 0.1) is 11.0 Å². The summed E-state index contributed by atoms with van der Waals surface area (Å²) >= 11 is 0. The van der Waals surface area contributed by atoms with Gasteiger partial charge < -0.3 is 5.43 Å². The molecule has 0 aliphatic carbocycles. The lowest BCUT2D eigenvalue weighted by Crippen LogP contribution is -2.15. The summed E-state index contributed by atoms with van der Waals surface area (Å²) in [7, 11) is 0. The number of carbonyl (C=O) groups excluding carboxylic acids is 1. The highest BCUT2D eigenvalue weighted by Crippen LogP contribution is 2.28. The van der Waals surface area contributed by atoms with E-state index in [1.807, 2.05) is 30.3 Å². The van der Waals surface area contributed by atoms with Gasteiger partial charge in [0, 0.05) is 22.9 Å². The van der Waals surface area contributed by atoms with Crippen molar-refractivity contribution in [3.63, 3.8) is 0 Å². The van der Waals surface area contributed by atoms with Crippen molar-refractivity contribution in [2.75, 3.05) is 12.0 Å². The van der Waals surface area contributed by atoms with E-state index in [2.05, 4.69) is 29.2 Å². The molecule has 0 radical (unpaired) electrons. The molecule has 2 aromatic carbocycles. The summed E-state index contributed by atoms with van der Waals surface area (Å²) in [6.07, 6.45) is 3.20. The lowest BCUT2D eigenvalue weighted by Gasteiger charge is -2.10. The van der Waals surface area contributed by atoms with E-state index in [9.17, 15) is 4.79 Å².